The molecule has 1 saturated heterocycles. The molecule has 0 radical (unpaired) electrons. The summed E-state index contributed by atoms with van der Waals surface area (Å²) < 4.78 is 5.49. The van der Waals surface area contributed by atoms with Gasteiger partial charge in [-0.15, -0.1) is 0 Å². The van der Waals surface area contributed by atoms with Gasteiger partial charge in [0.05, 0.1) is 4.92 Å². The third-order valence-corrected chi connectivity index (χ3v) is 4.83. The van der Waals surface area contributed by atoms with Crippen molar-refractivity contribution in [2.24, 2.45) is 0 Å². The third kappa shape index (κ3) is 4.48. The summed E-state index contributed by atoms with van der Waals surface area (Å²) in [5.41, 5.74) is -0.195. The summed E-state index contributed by atoms with van der Waals surface area (Å²) in [7, 11) is 0. The Kier molecular flexibility index (Phi) is 6.26. The quantitative estimate of drug-likeness (QED) is 0.425. The van der Waals surface area contributed by atoms with Gasteiger partial charge in [-0.25, -0.2) is 4.79 Å². The van der Waals surface area contributed by atoms with Crippen LogP contribution in [0.5, 0.6) is 0 Å². The Labute approximate surface area is 167 Å². The number of benzene rings is 2. The number of nitrogens with zero attached hydrogens (tertiary/aromatic N) is 2. The number of halogens is 1. The van der Waals surface area contributed by atoms with Crippen LogP contribution in [0.1, 0.15) is 41.3 Å². The molecule has 146 valence electrons. The second-order valence-electron chi connectivity index (χ2n) is 6.50. The largest absolute Gasteiger partial charge is 0.443 e. The van der Waals surface area contributed by atoms with Gasteiger partial charge in [0.1, 0.15) is 5.56 Å². The lowest BCUT2D eigenvalue weighted by Crippen LogP contribution is -2.40. The van der Waals surface area contributed by atoms with Gasteiger partial charge in [-0.1, -0.05) is 41.9 Å². The molecule has 8 heteroatoms. The van der Waals surface area contributed by atoms with Crippen LogP contribution < -0.4 is 0 Å². The molecule has 1 atom stereocenters. The van der Waals surface area contributed by atoms with Crippen LogP contribution in [-0.2, 0) is 9.53 Å². The number of carbonyl (C=O) groups is 2. The summed E-state index contributed by atoms with van der Waals surface area (Å²) in [6, 6.07) is 12.3. The van der Waals surface area contributed by atoms with Crippen LogP contribution in [0.4, 0.5) is 5.69 Å². The molecule has 1 fully saturated rings. The predicted octanol–water partition coefficient (Wildman–Crippen LogP) is 4.16. The highest BCUT2D eigenvalue weighted by atomic mass is 35.5. The van der Waals surface area contributed by atoms with Crippen molar-refractivity contribution in [2.75, 3.05) is 13.1 Å². The predicted molar refractivity (Wildman–Crippen MR) is 103 cm³/mol. The molecule has 0 N–H and O–H groups in total. The molecule has 2 aromatic carbocycles. The molecule has 0 saturated carbocycles. The van der Waals surface area contributed by atoms with Gasteiger partial charge in [0.2, 0.25) is 6.10 Å². The Balaban J connectivity index is 1.90. The number of esters is 1. The summed E-state index contributed by atoms with van der Waals surface area (Å²) in [5.74, 6) is -1.27. The molecule has 3 rings (SSSR count). The number of carbonyl (C=O) groups excluding carboxylic acids is 2. The van der Waals surface area contributed by atoms with Crippen molar-refractivity contribution in [3.05, 3.63) is 74.8 Å². The lowest BCUT2D eigenvalue weighted by atomic mass is 10.1. The van der Waals surface area contributed by atoms with Crippen molar-refractivity contribution in [3.8, 4) is 0 Å². The Morgan fingerprint density at radius 3 is 2.39 bits per heavy atom. The number of piperidine rings is 1. The van der Waals surface area contributed by atoms with E-state index in [1.807, 2.05) is 0 Å². The molecular weight excluding hydrogens is 384 g/mol. The fourth-order valence-electron chi connectivity index (χ4n) is 3.17. The minimum atomic E-state index is -1.16. The number of rotatable bonds is 5. The monoisotopic (exact) mass is 402 g/mol. The zero-order valence-corrected chi connectivity index (χ0v) is 15.8. The van der Waals surface area contributed by atoms with E-state index in [0.29, 0.717) is 18.7 Å². The molecule has 1 aliphatic rings. The van der Waals surface area contributed by atoms with Gasteiger partial charge >= 0.3 is 5.97 Å². The van der Waals surface area contributed by atoms with Crippen LogP contribution >= 0.6 is 11.6 Å². The number of nitro groups is 1. The molecule has 1 heterocycles. The molecule has 0 aromatic heterocycles. The van der Waals surface area contributed by atoms with Gasteiger partial charge in [0.15, 0.2) is 0 Å². The number of amides is 1. The van der Waals surface area contributed by atoms with Crippen molar-refractivity contribution in [1.82, 2.24) is 4.90 Å². The van der Waals surface area contributed by atoms with Crippen LogP contribution in [0.25, 0.3) is 0 Å². The zero-order chi connectivity index (χ0) is 20.1. The summed E-state index contributed by atoms with van der Waals surface area (Å²) >= 11 is 5.80. The number of likely N-dealkylation sites (tertiary alicyclic amines) is 1. The first kappa shape index (κ1) is 19.8. The van der Waals surface area contributed by atoms with E-state index in [2.05, 4.69) is 0 Å². The summed E-state index contributed by atoms with van der Waals surface area (Å²) in [6.07, 6.45) is 1.67. The minimum Gasteiger partial charge on any atom is -0.443 e. The van der Waals surface area contributed by atoms with E-state index < -0.39 is 22.7 Å². The summed E-state index contributed by atoms with van der Waals surface area (Å²) in [6.45, 7) is 1.20. The highest BCUT2D eigenvalue weighted by Gasteiger charge is 2.32. The molecule has 2 aromatic rings. The van der Waals surface area contributed by atoms with E-state index in [1.54, 1.807) is 35.2 Å². The topological polar surface area (TPSA) is 89.8 Å². The Morgan fingerprint density at radius 2 is 1.75 bits per heavy atom. The number of ether oxygens (including phenoxy) is 1. The fourth-order valence-corrected chi connectivity index (χ4v) is 3.33. The van der Waals surface area contributed by atoms with Crippen molar-refractivity contribution in [1.29, 1.82) is 0 Å². The van der Waals surface area contributed by atoms with E-state index >= 15 is 0 Å². The van der Waals surface area contributed by atoms with E-state index in [9.17, 15) is 19.7 Å². The van der Waals surface area contributed by atoms with Crippen molar-refractivity contribution < 1.29 is 19.2 Å². The first-order valence-corrected chi connectivity index (χ1v) is 9.34. The lowest BCUT2D eigenvalue weighted by molar-refractivity contribution is -0.385. The average molecular weight is 403 g/mol. The first-order valence-electron chi connectivity index (χ1n) is 8.96. The highest BCUT2D eigenvalue weighted by Crippen LogP contribution is 2.28. The molecule has 1 unspecified atom stereocenters. The number of hydrogen-bond donors (Lipinski definition) is 0. The molecule has 1 aliphatic heterocycles. The van der Waals surface area contributed by atoms with Crippen LogP contribution in [0.2, 0.25) is 5.02 Å². The Bertz CT molecular complexity index is 881. The maximum Gasteiger partial charge on any atom is 0.346 e. The molecule has 1 amide bonds. The van der Waals surface area contributed by atoms with E-state index in [1.165, 1.54) is 12.1 Å². The van der Waals surface area contributed by atoms with E-state index in [-0.39, 0.29) is 16.5 Å². The van der Waals surface area contributed by atoms with Gasteiger partial charge in [-0.05, 0) is 31.4 Å². The molecule has 28 heavy (non-hydrogen) atoms. The maximum atomic E-state index is 13.0. The van der Waals surface area contributed by atoms with Gasteiger partial charge < -0.3 is 9.64 Å². The maximum absolute atomic E-state index is 13.0. The van der Waals surface area contributed by atoms with Gasteiger partial charge in [-0.3, -0.25) is 14.9 Å². The van der Waals surface area contributed by atoms with E-state index in [0.717, 1.165) is 25.3 Å². The lowest BCUT2D eigenvalue weighted by Gasteiger charge is -2.30. The van der Waals surface area contributed by atoms with Crippen LogP contribution in [0.3, 0.4) is 0 Å². The Morgan fingerprint density at radius 1 is 1.07 bits per heavy atom. The average Bonchev–Trinajstić information content (AvgIpc) is 2.72. The number of hydrogen-bond acceptors (Lipinski definition) is 5. The molecule has 7 nitrogen and oxygen atoms in total. The summed E-state index contributed by atoms with van der Waals surface area (Å²) in [5, 5.41) is 11.4. The molecule has 0 bridgehead atoms. The number of nitro benzene ring substituents is 1. The Hall–Kier alpha value is -2.93. The second kappa shape index (κ2) is 8.84. The van der Waals surface area contributed by atoms with Crippen molar-refractivity contribution in [2.45, 2.75) is 25.4 Å². The first-order chi connectivity index (χ1) is 13.5. The van der Waals surface area contributed by atoms with Crippen LogP contribution in [0, 0.1) is 10.1 Å². The fraction of sp³-hybridized carbons (Fsp3) is 0.300. The van der Waals surface area contributed by atoms with Gasteiger partial charge in [-0.2, -0.15) is 0 Å². The molecular formula is C20H19ClN2O5. The van der Waals surface area contributed by atoms with Crippen molar-refractivity contribution in [3.63, 3.8) is 0 Å². The molecule has 0 aliphatic carbocycles. The van der Waals surface area contributed by atoms with E-state index in [4.69, 9.17) is 16.3 Å². The van der Waals surface area contributed by atoms with Gasteiger partial charge in [0.25, 0.3) is 11.6 Å². The SMILES string of the molecule is O=C(OC(C(=O)N1CCCCC1)c1ccccc1)c1ccc(Cl)cc1[N+](=O)[O-]. The second-order valence-corrected chi connectivity index (χ2v) is 6.94. The minimum absolute atomic E-state index is 0.132. The third-order valence-electron chi connectivity index (χ3n) is 4.60. The summed E-state index contributed by atoms with van der Waals surface area (Å²) in [4.78, 5) is 38.0. The highest BCUT2D eigenvalue weighted by molar-refractivity contribution is 6.31. The van der Waals surface area contributed by atoms with Crippen LogP contribution in [-0.4, -0.2) is 34.8 Å². The standard InChI is InChI=1S/C20H19ClN2O5/c21-15-9-10-16(17(13-15)23(26)27)20(25)28-18(14-7-3-1-4-8-14)19(24)22-11-5-2-6-12-22/h1,3-4,7-10,13,18H,2,5-6,11-12H2. The van der Waals surface area contributed by atoms with Crippen molar-refractivity contribution >= 4 is 29.2 Å². The normalized spacial score (nSPS) is 15.0. The van der Waals surface area contributed by atoms with Crippen LogP contribution in [0.15, 0.2) is 48.5 Å². The molecule has 0 spiro atoms. The van der Waals surface area contributed by atoms with Gasteiger partial charge in [0, 0.05) is 29.7 Å². The smallest absolute Gasteiger partial charge is 0.346 e. The zero-order valence-electron chi connectivity index (χ0n) is 15.0.